The summed E-state index contributed by atoms with van der Waals surface area (Å²) >= 11 is 12.1. The lowest BCUT2D eigenvalue weighted by Gasteiger charge is -2.11. The Morgan fingerprint density at radius 1 is 0.731 bits per heavy atom. The van der Waals surface area contributed by atoms with Crippen LogP contribution in [-0.2, 0) is 0 Å². The third-order valence-corrected chi connectivity index (χ3v) is 4.28. The summed E-state index contributed by atoms with van der Waals surface area (Å²) in [5.41, 5.74) is 2.65. The highest BCUT2D eigenvalue weighted by molar-refractivity contribution is 6.31. The van der Waals surface area contributed by atoms with Gasteiger partial charge in [0.2, 0.25) is 0 Å². The van der Waals surface area contributed by atoms with Crippen molar-refractivity contribution in [3.05, 3.63) is 82.8 Å². The van der Waals surface area contributed by atoms with E-state index in [-0.39, 0.29) is 12.4 Å². The first kappa shape index (κ1) is 18.5. The molecule has 0 spiro atoms. The highest BCUT2D eigenvalue weighted by Crippen LogP contribution is 2.28. The second kappa shape index (κ2) is 7.92. The van der Waals surface area contributed by atoms with E-state index in [0.29, 0.717) is 15.9 Å². The third-order valence-electron chi connectivity index (χ3n) is 3.79. The number of rotatable bonds is 3. The maximum atomic E-state index is 6.09. The third kappa shape index (κ3) is 3.91. The van der Waals surface area contributed by atoms with E-state index in [1.54, 1.807) is 0 Å². The summed E-state index contributed by atoms with van der Waals surface area (Å²) in [6.07, 6.45) is 0. The summed E-state index contributed by atoms with van der Waals surface area (Å²) in [5, 5.41) is 5.64. The number of aromatic nitrogens is 2. The Morgan fingerprint density at radius 2 is 1.50 bits per heavy atom. The van der Waals surface area contributed by atoms with Crippen LogP contribution in [0.1, 0.15) is 0 Å². The van der Waals surface area contributed by atoms with Crippen LogP contribution in [0.5, 0.6) is 0 Å². The summed E-state index contributed by atoms with van der Waals surface area (Å²) in [4.78, 5) is 9.39. The van der Waals surface area contributed by atoms with Crippen LogP contribution in [0.2, 0.25) is 10.0 Å². The average molecular weight is 402 g/mol. The summed E-state index contributed by atoms with van der Waals surface area (Å²) in [7, 11) is 0. The molecule has 1 aromatic heterocycles. The van der Waals surface area contributed by atoms with Gasteiger partial charge >= 0.3 is 0 Å². The molecule has 1 N–H and O–H groups in total. The summed E-state index contributed by atoms with van der Waals surface area (Å²) in [6, 6.07) is 22.9. The molecule has 4 aromatic rings. The van der Waals surface area contributed by atoms with Gasteiger partial charge < -0.3 is 17.7 Å². The van der Waals surface area contributed by atoms with Gasteiger partial charge in [-0.3, -0.25) is 0 Å². The Hall–Kier alpha value is -2.33. The molecule has 0 radical (unpaired) electrons. The number of benzene rings is 3. The predicted molar refractivity (Wildman–Crippen MR) is 105 cm³/mol. The second-order valence-corrected chi connectivity index (χ2v) is 6.43. The van der Waals surface area contributed by atoms with Crippen LogP contribution < -0.4 is 17.7 Å². The molecular formula is C20H13Cl3N3-. The van der Waals surface area contributed by atoms with Crippen molar-refractivity contribution in [2.75, 3.05) is 5.32 Å². The van der Waals surface area contributed by atoms with E-state index < -0.39 is 0 Å². The fourth-order valence-corrected chi connectivity index (χ4v) is 2.92. The molecule has 3 nitrogen and oxygen atoms in total. The molecular weight excluding hydrogens is 389 g/mol. The minimum absolute atomic E-state index is 0. The number of hydrogen-bond acceptors (Lipinski definition) is 3. The molecule has 0 bridgehead atoms. The minimum Gasteiger partial charge on any atom is -1.00 e. The van der Waals surface area contributed by atoms with Crippen molar-refractivity contribution in [2.24, 2.45) is 0 Å². The maximum absolute atomic E-state index is 6.09. The van der Waals surface area contributed by atoms with E-state index in [0.717, 1.165) is 28.0 Å². The Kier molecular flexibility index (Phi) is 5.62. The van der Waals surface area contributed by atoms with Gasteiger partial charge in [0, 0.05) is 26.7 Å². The number of anilines is 2. The van der Waals surface area contributed by atoms with Gasteiger partial charge in [0.15, 0.2) is 5.82 Å². The molecule has 0 amide bonds. The molecule has 3 aromatic carbocycles. The van der Waals surface area contributed by atoms with Crippen molar-refractivity contribution in [3.8, 4) is 11.4 Å². The molecule has 1 heterocycles. The molecule has 0 aliphatic heterocycles. The number of halogens is 3. The van der Waals surface area contributed by atoms with Crippen molar-refractivity contribution in [2.45, 2.75) is 0 Å². The summed E-state index contributed by atoms with van der Waals surface area (Å²) < 4.78 is 0. The zero-order valence-corrected chi connectivity index (χ0v) is 15.7. The van der Waals surface area contributed by atoms with Gasteiger partial charge in [0.25, 0.3) is 0 Å². The van der Waals surface area contributed by atoms with Crippen molar-refractivity contribution in [3.63, 3.8) is 0 Å². The monoisotopic (exact) mass is 400 g/mol. The normalized spacial score (nSPS) is 10.4. The van der Waals surface area contributed by atoms with Gasteiger partial charge in [-0.15, -0.1) is 0 Å². The zero-order valence-electron chi connectivity index (χ0n) is 13.5. The van der Waals surface area contributed by atoms with Gasteiger partial charge in [-0.1, -0.05) is 41.4 Å². The molecule has 0 aliphatic carbocycles. The number of nitrogens with one attached hydrogen (secondary N) is 1. The molecule has 4 rings (SSSR count). The van der Waals surface area contributed by atoms with Crippen molar-refractivity contribution >= 4 is 45.6 Å². The van der Waals surface area contributed by atoms with E-state index in [9.17, 15) is 0 Å². The Balaban J connectivity index is 0.00000196. The van der Waals surface area contributed by atoms with Gasteiger partial charge in [-0.05, 0) is 54.6 Å². The van der Waals surface area contributed by atoms with Gasteiger partial charge in [0.05, 0.1) is 5.52 Å². The van der Waals surface area contributed by atoms with Crippen LogP contribution in [0.3, 0.4) is 0 Å². The van der Waals surface area contributed by atoms with Crippen molar-refractivity contribution in [1.82, 2.24) is 9.97 Å². The van der Waals surface area contributed by atoms with Gasteiger partial charge in [-0.2, -0.15) is 0 Å². The van der Waals surface area contributed by atoms with Crippen molar-refractivity contribution in [1.29, 1.82) is 0 Å². The topological polar surface area (TPSA) is 37.8 Å². The van der Waals surface area contributed by atoms with E-state index in [4.69, 9.17) is 28.2 Å². The number of hydrogen-bond donors (Lipinski definition) is 1. The van der Waals surface area contributed by atoms with Crippen LogP contribution in [0, 0.1) is 0 Å². The van der Waals surface area contributed by atoms with E-state index in [1.807, 2.05) is 72.8 Å². The largest absolute Gasteiger partial charge is 1.00 e. The maximum Gasteiger partial charge on any atom is 0.162 e. The Bertz CT molecular complexity index is 1050. The van der Waals surface area contributed by atoms with E-state index in [2.05, 4.69) is 10.3 Å². The molecule has 0 saturated heterocycles. The lowest BCUT2D eigenvalue weighted by molar-refractivity contribution is -0.00000481. The molecule has 130 valence electrons. The molecule has 26 heavy (non-hydrogen) atoms. The number of para-hydroxylation sites is 1. The van der Waals surface area contributed by atoms with Crippen LogP contribution in [0.25, 0.3) is 22.3 Å². The highest BCUT2D eigenvalue weighted by atomic mass is 35.5. The number of fused-ring (bicyclic) bond motifs is 1. The molecule has 0 unspecified atom stereocenters. The fraction of sp³-hybridized carbons (Fsp3) is 0. The zero-order chi connectivity index (χ0) is 17.2. The Morgan fingerprint density at radius 3 is 2.27 bits per heavy atom. The smallest absolute Gasteiger partial charge is 0.162 e. The lowest BCUT2D eigenvalue weighted by atomic mass is 10.2. The average Bonchev–Trinajstić information content (AvgIpc) is 2.62. The second-order valence-electron chi connectivity index (χ2n) is 5.56. The molecule has 0 saturated carbocycles. The highest BCUT2D eigenvalue weighted by Gasteiger charge is 2.10. The first-order chi connectivity index (χ1) is 12.2. The lowest BCUT2D eigenvalue weighted by Crippen LogP contribution is -3.00. The minimum atomic E-state index is 0. The SMILES string of the molecule is Clc1ccc(-c2nc(Nc3cccc(Cl)c3)c3ccccc3n2)cc1.[Cl-]. The van der Waals surface area contributed by atoms with Crippen LogP contribution >= 0.6 is 23.2 Å². The fourth-order valence-electron chi connectivity index (χ4n) is 2.60. The predicted octanol–water partition coefficient (Wildman–Crippen LogP) is 3.35. The molecule has 0 fully saturated rings. The van der Waals surface area contributed by atoms with Crippen LogP contribution in [0.4, 0.5) is 11.5 Å². The van der Waals surface area contributed by atoms with E-state index in [1.165, 1.54) is 0 Å². The van der Waals surface area contributed by atoms with E-state index >= 15 is 0 Å². The van der Waals surface area contributed by atoms with Crippen molar-refractivity contribution < 1.29 is 12.4 Å². The first-order valence-corrected chi connectivity index (χ1v) is 8.50. The Labute approximate surface area is 167 Å². The molecule has 0 aliphatic rings. The van der Waals surface area contributed by atoms with Crippen LogP contribution in [0.15, 0.2) is 72.8 Å². The molecule has 0 atom stereocenters. The molecule has 6 heteroatoms. The quantitative estimate of drug-likeness (QED) is 0.572. The van der Waals surface area contributed by atoms with Gasteiger partial charge in [0.1, 0.15) is 5.82 Å². The summed E-state index contributed by atoms with van der Waals surface area (Å²) in [5.74, 6) is 1.37. The number of nitrogens with zero attached hydrogens (tertiary/aromatic N) is 2. The van der Waals surface area contributed by atoms with Crippen LogP contribution in [-0.4, -0.2) is 9.97 Å². The first-order valence-electron chi connectivity index (χ1n) is 7.74. The van der Waals surface area contributed by atoms with Gasteiger partial charge in [-0.25, -0.2) is 9.97 Å². The summed E-state index contributed by atoms with van der Waals surface area (Å²) in [6.45, 7) is 0. The standard InChI is InChI=1S/C20H13Cl2N3.ClH/c21-14-10-8-13(9-11-14)19-24-18-7-2-1-6-17(18)20(25-19)23-16-5-3-4-15(22)12-16;/h1-12H,(H,23,24,25);1H/p-1.